The highest BCUT2D eigenvalue weighted by atomic mass is 16.6. The Hall–Kier alpha value is -3.20. The van der Waals surface area contributed by atoms with Gasteiger partial charge in [0.05, 0.1) is 22.2 Å². The molecule has 0 unspecified atom stereocenters. The van der Waals surface area contributed by atoms with Crippen LogP contribution in [0.4, 0.5) is 11.4 Å². The van der Waals surface area contributed by atoms with Crippen molar-refractivity contribution in [1.29, 1.82) is 5.26 Å². The third-order valence-electron chi connectivity index (χ3n) is 4.83. The second-order valence-corrected chi connectivity index (χ2v) is 6.09. The maximum Gasteiger partial charge on any atom is 0.271 e. The molecule has 1 aliphatic heterocycles. The molecule has 0 bridgehead atoms. The van der Waals surface area contributed by atoms with E-state index >= 15 is 0 Å². The van der Waals surface area contributed by atoms with E-state index in [1.807, 2.05) is 18.3 Å². The van der Waals surface area contributed by atoms with Crippen molar-refractivity contribution in [3.63, 3.8) is 0 Å². The van der Waals surface area contributed by atoms with Gasteiger partial charge in [0.2, 0.25) is 0 Å². The lowest BCUT2D eigenvalue weighted by Gasteiger charge is -2.37. The average molecular weight is 318 g/mol. The molecule has 1 aromatic heterocycles. The first-order valence-electron chi connectivity index (χ1n) is 7.74. The van der Waals surface area contributed by atoms with Crippen LogP contribution in [0.1, 0.15) is 35.1 Å². The molecule has 0 saturated heterocycles. The number of nitrogens with one attached hydrogen (secondary N) is 1. The van der Waals surface area contributed by atoms with Gasteiger partial charge >= 0.3 is 0 Å². The van der Waals surface area contributed by atoms with Crippen molar-refractivity contribution in [2.24, 2.45) is 5.92 Å². The van der Waals surface area contributed by atoms with E-state index in [0.29, 0.717) is 11.3 Å². The van der Waals surface area contributed by atoms with Gasteiger partial charge in [-0.1, -0.05) is 18.2 Å². The maximum absolute atomic E-state index is 11.2. The van der Waals surface area contributed by atoms with Gasteiger partial charge in [0.25, 0.3) is 5.69 Å². The number of hydrogen-bond donors (Lipinski definition) is 1. The van der Waals surface area contributed by atoms with Crippen molar-refractivity contribution in [2.45, 2.75) is 18.4 Å². The van der Waals surface area contributed by atoms with Crippen LogP contribution in [0.3, 0.4) is 0 Å². The highest BCUT2D eigenvalue weighted by molar-refractivity contribution is 5.70. The molecule has 2 aromatic rings. The van der Waals surface area contributed by atoms with Gasteiger partial charge in [-0.3, -0.25) is 15.1 Å². The largest absolute Gasteiger partial charge is 0.377 e. The number of anilines is 1. The van der Waals surface area contributed by atoms with E-state index in [9.17, 15) is 15.4 Å². The molecule has 1 N–H and O–H groups in total. The van der Waals surface area contributed by atoms with E-state index in [-0.39, 0.29) is 23.6 Å². The molecule has 0 fully saturated rings. The summed E-state index contributed by atoms with van der Waals surface area (Å²) in [4.78, 5) is 14.9. The molecule has 0 saturated carbocycles. The van der Waals surface area contributed by atoms with Gasteiger partial charge in [-0.05, 0) is 29.5 Å². The maximum atomic E-state index is 11.2. The summed E-state index contributed by atoms with van der Waals surface area (Å²) in [6.07, 6.45) is 8.66. The summed E-state index contributed by atoms with van der Waals surface area (Å²) in [7, 11) is 0. The molecule has 6 heteroatoms. The van der Waals surface area contributed by atoms with E-state index in [4.69, 9.17) is 0 Å². The van der Waals surface area contributed by atoms with E-state index in [1.54, 1.807) is 12.3 Å². The fourth-order valence-electron chi connectivity index (χ4n) is 3.77. The van der Waals surface area contributed by atoms with Gasteiger partial charge in [-0.2, -0.15) is 5.26 Å². The molecule has 2 heterocycles. The molecule has 4 rings (SSSR count). The SMILES string of the molecule is N#Cc1cc([N+](=O)[O-])cc2c1N[C@@H](c1cccnc1)[C@H]1CC=C[C@@H]21. The number of nitriles is 1. The van der Waals surface area contributed by atoms with E-state index < -0.39 is 4.92 Å². The Kier molecular flexibility index (Phi) is 3.28. The fraction of sp³-hybridized carbons (Fsp3) is 0.222. The molecule has 118 valence electrons. The van der Waals surface area contributed by atoms with E-state index in [2.05, 4.69) is 28.5 Å². The fourth-order valence-corrected chi connectivity index (χ4v) is 3.77. The van der Waals surface area contributed by atoms with Gasteiger partial charge in [0.1, 0.15) is 6.07 Å². The molecule has 0 radical (unpaired) electrons. The summed E-state index contributed by atoms with van der Waals surface area (Å²) in [5, 5.41) is 24.1. The lowest BCUT2D eigenvalue weighted by molar-refractivity contribution is -0.384. The predicted molar refractivity (Wildman–Crippen MR) is 88.4 cm³/mol. The minimum absolute atomic E-state index is 0.0276. The minimum Gasteiger partial charge on any atom is -0.377 e. The first-order chi connectivity index (χ1) is 11.7. The number of nitro benzene ring substituents is 1. The van der Waals surface area contributed by atoms with E-state index in [0.717, 1.165) is 17.5 Å². The monoisotopic (exact) mass is 318 g/mol. The zero-order chi connectivity index (χ0) is 16.7. The van der Waals surface area contributed by atoms with Crippen LogP contribution in [0.15, 0.2) is 48.8 Å². The van der Waals surface area contributed by atoms with Crippen LogP contribution in [0.25, 0.3) is 0 Å². The Bertz CT molecular complexity index is 886. The van der Waals surface area contributed by atoms with Crippen LogP contribution >= 0.6 is 0 Å². The standard InChI is InChI=1S/C18H14N4O2/c19-9-12-7-13(22(23)24)8-16-14-4-1-5-15(14)17(21-18(12)16)11-3-2-6-20-10-11/h1-4,6-8,10,14-15,17,21H,5H2/t14-,15+,17+/m1/s1. The lowest BCUT2D eigenvalue weighted by atomic mass is 9.76. The van der Waals surface area contributed by atoms with Crippen molar-refractivity contribution in [3.05, 3.63) is 75.6 Å². The summed E-state index contributed by atoms with van der Waals surface area (Å²) in [5.41, 5.74) is 2.87. The smallest absolute Gasteiger partial charge is 0.271 e. The van der Waals surface area contributed by atoms with Gasteiger partial charge in [-0.15, -0.1) is 0 Å². The Morgan fingerprint density at radius 3 is 3.00 bits per heavy atom. The number of pyridine rings is 1. The molecular weight excluding hydrogens is 304 g/mol. The number of non-ortho nitro benzene ring substituents is 1. The number of hydrogen-bond acceptors (Lipinski definition) is 5. The first kappa shape index (κ1) is 14.4. The lowest BCUT2D eigenvalue weighted by Crippen LogP contribution is -2.29. The number of allylic oxidation sites excluding steroid dienone is 2. The molecule has 6 nitrogen and oxygen atoms in total. The van der Waals surface area contributed by atoms with Crippen LogP contribution in [0, 0.1) is 27.4 Å². The molecule has 2 aliphatic rings. The third-order valence-corrected chi connectivity index (χ3v) is 4.83. The normalized spacial score (nSPS) is 23.7. The number of nitrogens with zero attached hydrogens (tertiary/aromatic N) is 3. The van der Waals surface area contributed by atoms with Gasteiger partial charge in [0, 0.05) is 30.4 Å². The summed E-state index contributed by atoms with van der Waals surface area (Å²) in [6, 6.07) is 8.96. The second-order valence-electron chi connectivity index (χ2n) is 6.09. The number of rotatable bonds is 2. The number of nitro groups is 1. The minimum atomic E-state index is -0.442. The van der Waals surface area contributed by atoms with Crippen LogP contribution in [0.2, 0.25) is 0 Å². The topological polar surface area (TPSA) is 91.8 Å². The number of fused-ring (bicyclic) bond motifs is 3. The van der Waals surface area contributed by atoms with Crippen molar-refractivity contribution in [3.8, 4) is 6.07 Å². The van der Waals surface area contributed by atoms with Crippen LogP contribution < -0.4 is 5.32 Å². The molecule has 0 amide bonds. The first-order valence-corrected chi connectivity index (χ1v) is 7.74. The molecule has 0 spiro atoms. The molecule has 3 atom stereocenters. The van der Waals surface area contributed by atoms with Crippen molar-refractivity contribution in [2.75, 3.05) is 5.32 Å². The Morgan fingerprint density at radius 1 is 1.42 bits per heavy atom. The average Bonchev–Trinajstić information content (AvgIpc) is 3.10. The molecular formula is C18H14N4O2. The van der Waals surface area contributed by atoms with Crippen molar-refractivity contribution in [1.82, 2.24) is 4.98 Å². The molecule has 1 aromatic carbocycles. The summed E-state index contributed by atoms with van der Waals surface area (Å²) in [5.74, 6) is 0.328. The predicted octanol–water partition coefficient (Wildman–Crippen LogP) is 3.69. The molecule has 1 aliphatic carbocycles. The summed E-state index contributed by atoms with van der Waals surface area (Å²) in [6.45, 7) is 0. The van der Waals surface area contributed by atoms with Gasteiger partial charge in [-0.25, -0.2) is 0 Å². The highest BCUT2D eigenvalue weighted by Crippen LogP contribution is 2.51. The zero-order valence-electron chi connectivity index (χ0n) is 12.7. The van der Waals surface area contributed by atoms with Crippen LogP contribution in [0.5, 0.6) is 0 Å². The Labute approximate surface area is 138 Å². The van der Waals surface area contributed by atoms with Crippen LogP contribution in [-0.4, -0.2) is 9.91 Å². The Morgan fingerprint density at radius 2 is 2.29 bits per heavy atom. The molecule has 24 heavy (non-hydrogen) atoms. The second kappa shape index (κ2) is 5.46. The summed E-state index contributed by atoms with van der Waals surface area (Å²) < 4.78 is 0. The Balaban J connectivity index is 1.88. The highest BCUT2D eigenvalue weighted by Gasteiger charge is 2.39. The quantitative estimate of drug-likeness (QED) is 0.518. The van der Waals surface area contributed by atoms with Gasteiger partial charge in [0.15, 0.2) is 0 Å². The zero-order valence-corrected chi connectivity index (χ0v) is 12.7. The van der Waals surface area contributed by atoms with Crippen molar-refractivity contribution < 1.29 is 4.92 Å². The summed E-state index contributed by atoms with van der Waals surface area (Å²) >= 11 is 0. The van der Waals surface area contributed by atoms with Gasteiger partial charge < -0.3 is 5.32 Å². The number of aromatic nitrogens is 1. The number of benzene rings is 1. The van der Waals surface area contributed by atoms with Crippen molar-refractivity contribution >= 4 is 11.4 Å². The van der Waals surface area contributed by atoms with E-state index in [1.165, 1.54) is 6.07 Å². The van der Waals surface area contributed by atoms with Crippen LogP contribution in [-0.2, 0) is 0 Å². The third kappa shape index (κ3) is 2.14.